The van der Waals surface area contributed by atoms with Crippen molar-refractivity contribution in [2.45, 2.75) is 90.9 Å². The molecule has 0 fully saturated rings. The summed E-state index contributed by atoms with van der Waals surface area (Å²) in [6.07, 6.45) is 15.4. The van der Waals surface area contributed by atoms with Crippen molar-refractivity contribution in [1.82, 2.24) is 21.3 Å². The van der Waals surface area contributed by atoms with E-state index in [-0.39, 0.29) is 12.4 Å². The maximum Gasteiger partial charge on any atom is -0.00368 e. The monoisotopic (exact) mass is 466 g/mol. The van der Waals surface area contributed by atoms with E-state index in [9.17, 15) is 0 Å². The number of unbranched alkanes of at least 4 members (excludes halogenated alkanes) is 6. The summed E-state index contributed by atoms with van der Waals surface area (Å²) in [5.41, 5.74) is 10.8. The fourth-order valence-corrected chi connectivity index (χ4v) is 2.98. The minimum Gasteiger partial charge on any atom is -0.330 e. The number of nitrogens with one attached hydrogen (secondary N) is 4. The molecule has 0 heterocycles. The van der Waals surface area contributed by atoms with Gasteiger partial charge in [0, 0.05) is 0 Å². The van der Waals surface area contributed by atoms with Gasteiger partial charge in [-0.2, -0.15) is 0 Å². The van der Waals surface area contributed by atoms with Gasteiger partial charge >= 0.3 is 0 Å². The zero-order valence-electron chi connectivity index (χ0n) is 21.1. The molecule has 8 N–H and O–H groups in total. The lowest BCUT2D eigenvalue weighted by atomic mass is 10.2. The van der Waals surface area contributed by atoms with Crippen LogP contribution in [0.5, 0.6) is 0 Å². The highest BCUT2D eigenvalue weighted by Crippen LogP contribution is 1.97. The van der Waals surface area contributed by atoms with Gasteiger partial charge in [-0.1, -0.05) is 52.4 Å². The topological polar surface area (TPSA) is 100 Å². The van der Waals surface area contributed by atoms with Crippen LogP contribution in [0.3, 0.4) is 0 Å². The molecule has 6 nitrogen and oxygen atoms in total. The molecule has 192 valence electrons. The van der Waals surface area contributed by atoms with Crippen LogP contribution < -0.4 is 32.7 Å². The third-order valence-electron chi connectivity index (χ3n) is 4.94. The van der Waals surface area contributed by atoms with E-state index in [4.69, 9.17) is 11.5 Å². The summed E-state index contributed by atoms with van der Waals surface area (Å²) in [4.78, 5) is 0. The molecule has 31 heavy (non-hydrogen) atoms. The van der Waals surface area contributed by atoms with Gasteiger partial charge in [0.15, 0.2) is 0 Å². The lowest BCUT2D eigenvalue weighted by Crippen LogP contribution is -2.24. The van der Waals surface area contributed by atoms with Crippen molar-refractivity contribution in [3.63, 3.8) is 0 Å². The molecular formula is C24H59ClN6. The van der Waals surface area contributed by atoms with Gasteiger partial charge in [-0.25, -0.2) is 0 Å². The molecular weight excluding hydrogens is 408 g/mol. The quantitative estimate of drug-likeness (QED) is 0.122. The molecule has 0 aliphatic heterocycles. The Balaban J connectivity index is -0.000000490. The molecule has 0 saturated heterocycles. The molecule has 0 amide bonds. The largest absolute Gasteiger partial charge is 0.330 e. The van der Waals surface area contributed by atoms with Gasteiger partial charge < -0.3 is 32.7 Å². The Bertz CT molecular complexity index is 222. The van der Waals surface area contributed by atoms with Crippen LogP contribution in [-0.2, 0) is 0 Å². The minimum absolute atomic E-state index is 0. The van der Waals surface area contributed by atoms with Crippen LogP contribution in [0.4, 0.5) is 0 Å². The number of nitrogens with two attached hydrogens (primary N) is 2. The van der Waals surface area contributed by atoms with Crippen LogP contribution in [0.15, 0.2) is 0 Å². The average Bonchev–Trinajstić information content (AvgIpc) is 2.76. The number of halogens is 1. The van der Waals surface area contributed by atoms with Crippen molar-refractivity contribution in [3.8, 4) is 0 Å². The molecule has 0 bridgehead atoms. The van der Waals surface area contributed by atoms with E-state index >= 15 is 0 Å². The van der Waals surface area contributed by atoms with E-state index in [1.807, 2.05) is 0 Å². The van der Waals surface area contributed by atoms with E-state index in [0.717, 1.165) is 65.2 Å². The van der Waals surface area contributed by atoms with Gasteiger partial charge in [0.05, 0.1) is 0 Å². The lowest BCUT2D eigenvalue weighted by molar-refractivity contribution is 0.561. The fraction of sp³-hybridized carbons (Fsp3) is 1.00. The van der Waals surface area contributed by atoms with Crippen LogP contribution in [0, 0.1) is 0 Å². The van der Waals surface area contributed by atoms with E-state index in [0.29, 0.717) is 0 Å². The van der Waals surface area contributed by atoms with Crippen molar-refractivity contribution in [1.29, 1.82) is 0 Å². The van der Waals surface area contributed by atoms with E-state index < -0.39 is 0 Å². The summed E-state index contributed by atoms with van der Waals surface area (Å²) in [5, 5.41) is 13.7. The first-order valence-electron chi connectivity index (χ1n) is 13.1. The Morgan fingerprint density at radius 1 is 0.387 bits per heavy atom. The Morgan fingerprint density at radius 3 is 0.968 bits per heavy atom. The van der Waals surface area contributed by atoms with Crippen molar-refractivity contribution >= 4 is 12.4 Å². The molecule has 0 aliphatic rings. The summed E-state index contributed by atoms with van der Waals surface area (Å²) >= 11 is 0. The first-order valence-corrected chi connectivity index (χ1v) is 13.1. The molecule has 0 aromatic rings. The maximum atomic E-state index is 5.40. The fourth-order valence-electron chi connectivity index (χ4n) is 2.98. The standard InChI is InChI=1S/2C12H29N3.ClH/c2*1-2-3-4-5-9-14-11-7-12-15-10-6-8-13;/h2*14-15H,2-13H2,1H3;1H. The second-order valence-corrected chi connectivity index (χ2v) is 8.11. The van der Waals surface area contributed by atoms with E-state index in [2.05, 4.69) is 35.1 Å². The van der Waals surface area contributed by atoms with Crippen molar-refractivity contribution < 1.29 is 0 Å². The summed E-state index contributed by atoms with van der Waals surface area (Å²) in [7, 11) is 0. The Morgan fingerprint density at radius 2 is 0.677 bits per heavy atom. The minimum atomic E-state index is 0. The van der Waals surface area contributed by atoms with Crippen LogP contribution >= 0.6 is 12.4 Å². The molecule has 0 aliphatic carbocycles. The van der Waals surface area contributed by atoms with E-state index in [1.165, 1.54) is 77.3 Å². The Labute approximate surface area is 201 Å². The third kappa shape index (κ3) is 40.9. The SMILES string of the molecule is CCCCCCNCCCNCCCN.CCCCCCNCCCNCCCN.Cl. The highest BCUT2D eigenvalue weighted by atomic mass is 35.5. The highest BCUT2D eigenvalue weighted by molar-refractivity contribution is 5.85. The smallest absolute Gasteiger partial charge is 0.00368 e. The highest BCUT2D eigenvalue weighted by Gasteiger charge is 1.91. The molecule has 0 spiro atoms. The van der Waals surface area contributed by atoms with Crippen molar-refractivity contribution in [3.05, 3.63) is 0 Å². The maximum absolute atomic E-state index is 5.40. The lowest BCUT2D eigenvalue weighted by Gasteiger charge is -2.05. The normalized spacial score (nSPS) is 10.5. The first-order chi connectivity index (χ1) is 14.8. The second-order valence-electron chi connectivity index (χ2n) is 8.11. The van der Waals surface area contributed by atoms with Crippen LogP contribution in [0.25, 0.3) is 0 Å². The Hall–Kier alpha value is 0.0500. The van der Waals surface area contributed by atoms with Gasteiger partial charge in [0.25, 0.3) is 0 Å². The molecule has 0 atom stereocenters. The summed E-state index contributed by atoms with van der Waals surface area (Å²) in [6, 6.07) is 0. The summed E-state index contributed by atoms with van der Waals surface area (Å²) < 4.78 is 0. The van der Waals surface area contributed by atoms with Gasteiger partial charge in [-0.05, 0) is 104 Å². The van der Waals surface area contributed by atoms with Crippen LogP contribution in [0.2, 0.25) is 0 Å². The zero-order chi connectivity index (χ0) is 22.4. The molecule has 0 radical (unpaired) electrons. The summed E-state index contributed by atoms with van der Waals surface area (Å²) in [5.74, 6) is 0. The Kier molecular flexibility index (Phi) is 43.0. The molecule has 0 aromatic heterocycles. The van der Waals surface area contributed by atoms with Crippen molar-refractivity contribution in [2.75, 3.05) is 65.4 Å². The summed E-state index contributed by atoms with van der Waals surface area (Å²) in [6.45, 7) is 15.1. The van der Waals surface area contributed by atoms with Gasteiger partial charge in [-0.15, -0.1) is 12.4 Å². The molecule has 0 unspecified atom stereocenters. The number of hydrogen-bond donors (Lipinski definition) is 6. The van der Waals surface area contributed by atoms with Crippen LogP contribution in [0.1, 0.15) is 90.9 Å². The van der Waals surface area contributed by atoms with Gasteiger partial charge in [-0.3, -0.25) is 0 Å². The predicted octanol–water partition coefficient (Wildman–Crippen LogP) is 3.39. The molecule has 0 rings (SSSR count). The van der Waals surface area contributed by atoms with Crippen molar-refractivity contribution in [2.24, 2.45) is 11.5 Å². The molecule has 0 saturated carbocycles. The van der Waals surface area contributed by atoms with Gasteiger partial charge in [0.1, 0.15) is 0 Å². The number of hydrogen-bond acceptors (Lipinski definition) is 6. The average molecular weight is 467 g/mol. The van der Waals surface area contributed by atoms with Crippen LogP contribution in [-0.4, -0.2) is 65.4 Å². The first kappa shape index (κ1) is 35.6. The third-order valence-corrected chi connectivity index (χ3v) is 4.94. The zero-order valence-corrected chi connectivity index (χ0v) is 21.9. The second kappa shape index (κ2) is 37.4. The molecule has 7 heteroatoms. The predicted molar refractivity (Wildman–Crippen MR) is 144 cm³/mol. The van der Waals surface area contributed by atoms with Gasteiger partial charge in [0.2, 0.25) is 0 Å². The number of rotatable bonds is 24. The van der Waals surface area contributed by atoms with E-state index in [1.54, 1.807) is 0 Å². The molecule has 0 aromatic carbocycles.